The van der Waals surface area contributed by atoms with Crippen LogP contribution >= 0.6 is 0 Å². The second-order valence-electron chi connectivity index (χ2n) is 6.39. The van der Waals surface area contributed by atoms with Crippen LogP contribution in [0.15, 0.2) is 18.2 Å². The molecule has 5 heteroatoms. The number of esters is 1. The fourth-order valence-electron chi connectivity index (χ4n) is 3.87. The third kappa shape index (κ3) is 3.29. The molecule has 0 spiro atoms. The highest BCUT2D eigenvalue weighted by atomic mass is 19.2. The Hall–Kier alpha value is -1.49. The van der Waals surface area contributed by atoms with Crippen molar-refractivity contribution in [2.75, 3.05) is 19.7 Å². The van der Waals surface area contributed by atoms with Crippen molar-refractivity contribution in [3.63, 3.8) is 0 Å². The van der Waals surface area contributed by atoms with Crippen LogP contribution in [0.4, 0.5) is 8.78 Å². The van der Waals surface area contributed by atoms with Crippen LogP contribution in [0.3, 0.4) is 0 Å². The van der Waals surface area contributed by atoms with Crippen LogP contribution in [0.1, 0.15) is 42.5 Å². The molecule has 2 aliphatic rings. The van der Waals surface area contributed by atoms with E-state index in [1.807, 2.05) is 0 Å². The molecule has 22 heavy (non-hydrogen) atoms. The lowest BCUT2D eigenvalue weighted by Gasteiger charge is -2.40. The first-order chi connectivity index (χ1) is 10.6. The molecule has 1 aromatic rings. The van der Waals surface area contributed by atoms with E-state index in [0.29, 0.717) is 18.6 Å². The number of benzene rings is 1. The van der Waals surface area contributed by atoms with Crippen molar-refractivity contribution in [1.82, 2.24) is 0 Å². The Bertz CT molecular complexity index is 547. The average molecular weight is 310 g/mol. The Morgan fingerprint density at radius 1 is 1.14 bits per heavy atom. The normalized spacial score (nSPS) is 28.0. The zero-order chi connectivity index (χ0) is 15.5. The number of piperidine rings is 2. The molecule has 0 saturated carbocycles. The van der Waals surface area contributed by atoms with Crippen LogP contribution in [0.25, 0.3) is 0 Å². The molecule has 2 heterocycles. The number of fused-ring (bicyclic) bond motifs is 1. The number of ether oxygens (including phenoxy) is 1. The number of carbonyl (C=O) groups excluding carboxylic acids is 1. The maximum Gasteiger partial charge on any atom is 0.338 e. The van der Waals surface area contributed by atoms with Gasteiger partial charge in [0.1, 0.15) is 6.61 Å². The van der Waals surface area contributed by atoms with Crippen LogP contribution in [-0.2, 0) is 4.74 Å². The lowest BCUT2D eigenvalue weighted by Crippen LogP contribution is -3.18. The highest BCUT2D eigenvalue weighted by Gasteiger charge is 2.37. The first kappa shape index (κ1) is 15.4. The molecule has 0 radical (unpaired) electrons. The molecule has 0 aromatic heterocycles. The summed E-state index contributed by atoms with van der Waals surface area (Å²) >= 11 is 0. The minimum absolute atomic E-state index is 0.0718. The maximum atomic E-state index is 13.2. The topological polar surface area (TPSA) is 30.7 Å². The molecule has 3 atom stereocenters. The van der Waals surface area contributed by atoms with Crippen molar-refractivity contribution < 1.29 is 23.2 Å². The summed E-state index contributed by atoms with van der Waals surface area (Å²) < 4.78 is 31.4. The summed E-state index contributed by atoms with van der Waals surface area (Å²) in [5, 5.41) is 0. The molecule has 120 valence electrons. The number of carbonyl (C=O) groups is 1. The molecule has 0 amide bonds. The van der Waals surface area contributed by atoms with Crippen molar-refractivity contribution in [3.8, 4) is 0 Å². The number of quaternary nitrogens is 1. The van der Waals surface area contributed by atoms with E-state index < -0.39 is 17.6 Å². The summed E-state index contributed by atoms with van der Waals surface area (Å²) in [6.45, 7) is 2.82. The van der Waals surface area contributed by atoms with Gasteiger partial charge in [0, 0.05) is 5.92 Å². The van der Waals surface area contributed by atoms with Gasteiger partial charge in [0.25, 0.3) is 0 Å². The Morgan fingerprint density at radius 3 is 2.77 bits per heavy atom. The quantitative estimate of drug-likeness (QED) is 0.865. The van der Waals surface area contributed by atoms with Gasteiger partial charge in [0.05, 0.1) is 24.7 Å². The number of hydrogen-bond donors (Lipinski definition) is 1. The second-order valence-corrected chi connectivity index (χ2v) is 6.39. The van der Waals surface area contributed by atoms with E-state index in [4.69, 9.17) is 4.74 Å². The summed E-state index contributed by atoms with van der Waals surface area (Å²) in [5.41, 5.74) is 0.0718. The van der Waals surface area contributed by atoms with E-state index in [-0.39, 0.29) is 5.56 Å². The van der Waals surface area contributed by atoms with Crippen LogP contribution < -0.4 is 4.90 Å². The standard InChI is InChI=1S/C17H21F2NO2/c18-14-7-6-12(10-15(14)19)17(21)22-11-13-4-3-9-20-8-2-1-5-16(13)20/h6-7,10,13,16H,1-5,8-9,11H2/p+1/t13-,16-/m0/s1. The van der Waals surface area contributed by atoms with E-state index in [9.17, 15) is 13.6 Å². The van der Waals surface area contributed by atoms with Crippen molar-refractivity contribution in [2.45, 2.75) is 38.1 Å². The van der Waals surface area contributed by atoms with Crippen LogP contribution in [0.2, 0.25) is 0 Å². The van der Waals surface area contributed by atoms with Gasteiger partial charge in [-0.1, -0.05) is 0 Å². The molecule has 2 saturated heterocycles. The van der Waals surface area contributed by atoms with Gasteiger partial charge in [-0.3, -0.25) is 0 Å². The van der Waals surface area contributed by atoms with Crippen molar-refractivity contribution in [1.29, 1.82) is 0 Å². The first-order valence-corrected chi connectivity index (χ1v) is 8.12. The third-order valence-electron chi connectivity index (χ3n) is 5.01. The minimum atomic E-state index is -1.02. The molecule has 3 nitrogen and oxygen atoms in total. The summed E-state index contributed by atoms with van der Waals surface area (Å²) in [6.07, 6.45) is 5.98. The average Bonchev–Trinajstić information content (AvgIpc) is 2.55. The van der Waals surface area contributed by atoms with Crippen LogP contribution in [0.5, 0.6) is 0 Å². The Morgan fingerprint density at radius 2 is 1.95 bits per heavy atom. The van der Waals surface area contributed by atoms with Crippen molar-refractivity contribution in [3.05, 3.63) is 35.4 Å². The minimum Gasteiger partial charge on any atom is -0.462 e. The highest BCUT2D eigenvalue weighted by molar-refractivity contribution is 5.89. The van der Waals surface area contributed by atoms with Gasteiger partial charge < -0.3 is 9.64 Å². The largest absolute Gasteiger partial charge is 0.462 e. The zero-order valence-corrected chi connectivity index (χ0v) is 12.6. The lowest BCUT2D eigenvalue weighted by molar-refractivity contribution is -0.940. The van der Waals surface area contributed by atoms with E-state index in [0.717, 1.165) is 18.6 Å². The highest BCUT2D eigenvalue weighted by Crippen LogP contribution is 2.21. The van der Waals surface area contributed by atoms with Gasteiger partial charge >= 0.3 is 5.97 Å². The maximum absolute atomic E-state index is 13.2. The van der Waals surface area contributed by atoms with E-state index in [1.165, 1.54) is 44.8 Å². The predicted molar refractivity (Wildman–Crippen MR) is 77.7 cm³/mol. The van der Waals surface area contributed by atoms with Crippen molar-refractivity contribution >= 4 is 5.97 Å². The fourth-order valence-corrected chi connectivity index (χ4v) is 3.87. The number of nitrogens with one attached hydrogen (secondary N) is 1. The lowest BCUT2D eigenvalue weighted by atomic mass is 9.84. The van der Waals surface area contributed by atoms with Gasteiger partial charge in [-0.25, -0.2) is 13.6 Å². The van der Waals surface area contributed by atoms with E-state index in [2.05, 4.69) is 0 Å². The monoisotopic (exact) mass is 310 g/mol. The Labute approximate surface area is 129 Å². The first-order valence-electron chi connectivity index (χ1n) is 8.12. The zero-order valence-electron chi connectivity index (χ0n) is 12.6. The Balaban J connectivity index is 1.59. The number of rotatable bonds is 3. The Kier molecular flexibility index (Phi) is 4.71. The summed E-state index contributed by atoms with van der Waals surface area (Å²) in [6, 6.07) is 3.70. The van der Waals surface area contributed by atoms with Crippen LogP contribution in [-0.4, -0.2) is 31.7 Å². The summed E-state index contributed by atoms with van der Waals surface area (Å²) in [5.74, 6) is -2.15. The van der Waals surface area contributed by atoms with Gasteiger partial charge in [0.2, 0.25) is 0 Å². The smallest absolute Gasteiger partial charge is 0.338 e. The predicted octanol–water partition coefficient (Wildman–Crippen LogP) is 1.97. The number of hydrogen-bond acceptors (Lipinski definition) is 2. The summed E-state index contributed by atoms with van der Waals surface area (Å²) in [4.78, 5) is 13.6. The molecular formula is C17H22F2NO2+. The molecular weight excluding hydrogens is 288 g/mol. The molecule has 1 N–H and O–H groups in total. The molecule has 0 aliphatic carbocycles. The van der Waals surface area contributed by atoms with Gasteiger partial charge in [0.15, 0.2) is 11.6 Å². The fraction of sp³-hybridized carbons (Fsp3) is 0.588. The van der Waals surface area contributed by atoms with Crippen LogP contribution in [0, 0.1) is 17.6 Å². The number of halogens is 2. The molecule has 3 rings (SSSR count). The second kappa shape index (κ2) is 6.73. The molecule has 1 unspecified atom stereocenters. The van der Waals surface area contributed by atoms with Gasteiger partial charge in [-0.2, -0.15) is 0 Å². The van der Waals surface area contributed by atoms with Crippen molar-refractivity contribution in [2.24, 2.45) is 5.92 Å². The summed E-state index contributed by atoms with van der Waals surface area (Å²) in [7, 11) is 0. The van der Waals surface area contributed by atoms with Gasteiger partial charge in [-0.05, 0) is 50.3 Å². The molecule has 1 aromatic carbocycles. The van der Waals surface area contributed by atoms with E-state index >= 15 is 0 Å². The SMILES string of the molecule is O=C(OC[C@@H]1CCC[NH+]2CCCC[C@@H]12)c1ccc(F)c(F)c1. The van der Waals surface area contributed by atoms with E-state index in [1.54, 1.807) is 4.90 Å². The molecule has 0 bridgehead atoms. The van der Waals surface area contributed by atoms with Gasteiger partial charge in [-0.15, -0.1) is 0 Å². The third-order valence-corrected chi connectivity index (χ3v) is 5.01. The molecule has 2 fully saturated rings. The molecule has 2 aliphatic heterocycles.